The maximum atomic E-state index is 12.4. The van der Waals surface area contributed by atoms with E-state index in [2.05, 4.69) is 31.2 Å². The van der Waals surface area contributed by atoms with E-state index in [-0.39, 0.29) is 5.16 Å². The lowest BCUT2D eigenvalue weighted by Gasteiger charge is -2.05. The molecule has 24 heavy (non-hydrogen) atoms. The molecule has 0 aliphatic heterocycles. The number of carbonyl (C=O) groups is 1. The Morgan fingerprint density at radius 3 is 2.79 bits per heavy atom. The molecule has 0 unspecified atom stereocenters. The van der Waals surface area contributed by atoms with Crippen LogP contribution in [0.15, 0.2) is 52.1 Å². The van der Waals surface area contributed by atoms with Gasteiger partial charge in [-0.2, -0.15) is 0 Å². The van der Waals surface area contributed by atoms with E-state index in [1.165, 1.54) is 0 Å². The molecule has 1 amide bonds. The number of anilines is 1. The molecule has 3 rings (SSSR count). The number of rotatable bonds is 4. The van der Waals surface area contributed by atoms with Crippen molar-refractivity contribution < 1.29 is 13.2 Å². The highest BCUT2D eigenvalue weighted by Gasteiger charge is 2.23. The zero-order valence-electron chi connectivity index (χ0n) is 12.7. The number of halogens is 1. The maximum Gasteiger partial charge on any atom is 0.240 e. The van der Waals surface area contributed by atoms with Crippen molar-refractivity contribution in [3.63, 3.8) is 0 Å². The van der Waals surface area contributed by atoms with Gasteiger partial charge < -0.3 is 10.3 Å². The Kier molecular flexibility index (Phi) is 4.42. The number of H-pyrrole nitrogens is 1. The van der Waals surface area contributed by atoms with Gasteiger partial charge in [-0.1, -0.05) is 28.1 Å². The topological polar surface area (TPSA) is 91.9 Å². The van der Waals surface area contributed by atoms with Crippen LogP contribution in [-0.2, 0) is 14.6 Å². The number of nitrogens with zero attached hydrogens (tertiary/aromatic N) is 1. The molecule has 0 spiro atoms. The van der Waals surface area contributed by atoms with Crippen LogP contribution in [0.4, 0.5) is 5.69 Å². The molecule has 124 valence electrons. The summed E-state index contributed by atoms with van der Waals surface area (Å²) in [7, 11) is -3.85. The number of aromatic amines is 1. The quantitative estimate of drug-likeness (QED) is 0.694. The third-order valence-electron chi connectivity index (χ3n) is 3.34. The molecular weight excluding hydrogens is 394 g/mol. The summed E-state index contributed by atoms with van der Waals surface area (Å²) in [5.74, 6) is -1.30. The molecule has 2 aromatic carbocycles. The number of nitrogens with one attached hydrogen (secondary N) is 2. The molecule has 0 fully saturated rings. The lowest BCUT2D eigenvalue weighted by atomic mass is 10.2. The van der Waals surface area contributed by atoms with Crippen LogP contribution in [0, 0.1) is 6.92 Å². The number of fused-ring (bicyclic) bond motifs is 1. The minimum absolute atomic E-state index is 0.201. The fourth-order valence-corrected chi connectivity index (χ4v) is 3.71. The van der Waals surface area contributed by atoms with E-state index in [4.69, 9.17) is 0 Å². The van der Waals surface area contributed by atoms with Gasteiger partial charge in [0.25, 0.3) is 0 Å². The Bertz CT molecular complexity index is 1030. The van der Waals surface area contributed by atoms with Crippen LogP contribution in [0.1, 0.15) is 5.56 Å². The Hall–Kier alpha value is -2.19. The molecule has 0 aliphatic carbocycles. The molecular formula is C16H14BrN3O3S. The van der Waals surface area contributed by atoms with Gasteiger partial charge in [-0.25, -0.2) is 13.4 Å². The minimum atomic E-state index is -3.85. The summed E-state index contributed by atoms with van der Waals surface area (Å²) in [5.41, 5.74) is 2.68. The number of aromatic nitrogens is 2. The standard InChI is InChI=1S/C16H14BrN3O3S/c1-10-5-6-13-14(7-10)20-16(19-13)24(22,23)9-15(21)18-12-4-2-3-11(17)8-12/h2-8H,9H2,1H3,(H,18,21)(H,19,20). The predicted octanol–water partition coefficient (Wildman–Crippen LogP) is 3.05. The molecule has 0 bridgehead atoms. The third kappa shape index (κ3) is 3.65. The minimum Gasteiger partial charge on any atom is -0.329 e. The molecule has 0 radical (unpaired) electrons. The van der Waals surface area contributed by atoms with Gasteiger partial charge in [-0.15, -0.1) is 0 Å². The zero-order chi connectivity index (χ0) is 17.3. The third-order valence-corrected chi connectivity index (χ3v) is 5.26. The van der Waals surface area contributed by atoms with Crippen molar-refractivity contribution >= 4 is 48.4 Å². The van der Waals surface area contributed by atoms with Crippen LogP contribution in [0.25, 0.3) is 11.0 Å². The number of sulfone groups is 1. The van der Waals surface area contributed by atoms with Crippen LogP contribution in [0.2, 0.25) is 0 Å². The van der Waals surface area contributed by atoms with E-state index in [0.717, 1.165) is 10.0 Å². The molecule has 6 nitrogen and oxygen atoms in total. The SMILES string of the molecule is Cc1ccc2nc(S(=O)(=O)CC(=O)Nc3cccc(Br)c3)[nH]c2c1. The maximum absolute atomic E-state index is 12.4. The van der Waals surface area contributed by atoms with Crippen molar-refractivity contribution in [2.24, 2.45) is 0 Å². The summed E-state index contributed by atoms with van der Waals surface area (Å²) < 4.78 is 25.6. The van der Waals surface area contributed by atoms with Gasteiger partial charge in [0.05, 0.1) is 11.0 Å². The number of carbonyl (C=O) groups excluding carboxylic acids is 1. The lowest BCUT2D eigenvalue weighted by molar-refractivity contribution is -0.113. The average molecular weight is 408 g/mol. The molecule has 0 saturated carbocycles. The predicted molar refractivity (Wildman–Crippen MR) is 95.7 cm³/mol. The van der Waals surface area contributed by atoms with Crippen LogP contribution >= 0.6 is 15.9 Å². The second-order valence-electron chi connectivity index (χ2n) is 5.38. The molecule has 3 aromatic rings. The van der Waals surface area contributed by atoms with E-state index in [0.29, 0.717) is 16.7 Å². The van der Waals surface area contributed by atoms with Crippen molar-refractivity contribution in [2.45, 2.75) is 12.1 Å². The lowest BCUT2D eigenvalue weighted by Crippen LogP contribution is -2.23. The summed E-state index contributed by atoms with van der Waals surface area (Å²) in [4.78, 5) is 18.9. The van der Waals surface area contributed by atoms with Crippen LogP contribution < -0.4 is 5.32 Å². The van der Waals surface area contributed by atoms with E-state index in [9.17, 15) is 13.2 Å². The van der Waals surface area contributed by atoms with Crippen molar-refractivity contribution in [2.75, 3.05) is 11.1 Å². The van der Waals surface area contributed by atoms with Gasteiger partial charge in [-0.3, -0.25) is 4.79 Å². The summed E-state index contributed by atoms with van der Waals surface area (Å²) in [6, 6.07) is 12.3. The van der Waals surface area contributed by atoms with Gasteiger partial charge in [0.1, 0.15) is 5.75 Å². The van der Waals surface area contributed by atoms with Crippen LogP contribution in [-0.4, -0.2) is 30.0 Å². The van der Waals surface area contributed by atoms with Gasteiger partial charge >= 0.3 is 0 Å². The highest BCUT2D eigenvalue weighted by Crippen LogP contribution is 2.18. The van der Waals surface area contributed by atoms with Crippen LogP contribution in [0.5, 0.6) is 0 Å². The number of imidazole rings is 1. The van der Waals surface area contributed by atoms with Crippen molar-refractivity contribution in [3.05, 3.63) is 52.5 Å². The first-order valence-electron chi connectivity index (χ1n) is 7.08. The summed E-state index contributed by atoms with van der Waals surface area (Å²) >= 11 is 3.29. The molecule has 0 atom stereocenters. The van der Waals surface area contributed by atoms with E-state index in [1.807, 2.05) is 25.1 Å². The van der Waals surface area contributed by atoms with Gasteiger partial charge in [0.2, 0.25) is 20.9 Å². The molecule has 0 aliphatic rings. The first-order valence-corrected chi connectivity index (χ1v) is 9.52. The first kappa shape index (κ1) is 16.7. The van der Waals surface area contributed by atoms with Crippen molar-refractivity contribution in [1.29, 1.82) is 0 Å². The Morgan fingerprint density at radius 1 is 1.25 bits per heavy atom. The fraction of sp³-hybridized carbons (Fsp3) is 0.125. The molecule has 1 heterocycles. The average Bonchev–Trinajstić information content (AvgIpc) is 2.90. The van der Waals surface area contributed by atoms with Gasteiger partial charge in [0, 0.05) is 10.2 Å². The monoisotopic (exact) mass is 407 g/mol. The highest BCUT2D eigenvalue weighted by molar-refractivity contribution is 9.10. The summed E-state index contributed by atoms with van der Waals surface area (Å²) in [6.07, 6.45) is 0. The number of hydrogen-bond donors (Lipinski definition) is 2. The smallest absolute Gasteiger partial charge is 0.240 e. The Morgan fingerprint density at radius 2 is 2.04 bits per heavy atom. The highest BCUT2D eigenvalue weighted by atomic mass is 79.9. The normalized spacial score (nSPS) is 11.6. The number of aryl methyl sites for hydroxylation is 1. The molecule has 0 saturated heterocycles. The van der Waals surface area contributed by atoms with Crippen LogP contribution in [0.3, 0.4) is 0 Å². The number of benzene rings is 2. The fourth-order valence-electron chi connectivity index (χ4n) is 2.25. The van der Waals surface area contributed by atoms with Gasteiger partial charge in [0.15, 0.2) is 0 Å². The second-order valence-corrected chi connectivity index (χ2v) is 8.20. The molecule has 8 heteroatoms. The summed E-state index contributed by atoms with van der Waals surface area (Å²) in [6.45, 7) is 1.90. The Balaban J connectivity index is 1.80. The Labute approximate surface area is 147 Å². The van der Waals surface area contributed by atoms with Crippen molar-refractivity contribution in [1.82, 2.24) is 9.97 Å². The second kappa shape index (κ2) is 6.37. The number of amides is 1. The van der Waals surface area contributed by atoms with Gasteiger partial charge in [-0.05, 0) is 42.8 Å². The van der Waals surface area contributed by atoms with E-state index >= 15 is 0 Å². The molecule has 1 aromatic heterocycles. The van der Waals surface area contributed by atoms with E-state index in [1.54, 1.807) is 24.3 Å². The zero-order valence-corrected chi connectivity index (χ0v) is 15.1. The molecule has 2 N–H and O–H groups in total. The van der Waals surface area contributed by atoms with E-state index < -0.39 is 21.5 Å². The number of hydrogen-bond acceptors (Lipinski definition) is 4. The summed E-state index contributed by atoms with van der Waals surface area (Å²) in [5, 5.41) is 2.36. The van der Waals surface area contributed by atoms with Crippen molar-refractivity contribution in [3.8, 4) is 0 Å². The first-order chi connectivity index (χ1) is 11.3. The largest absolute Gasteiger partial charge is 0.329 e.